The number of pyridine rings is 1. The second kappa shape index (κ2) is 8.95. The van der Waals surface area contributed by atoms with Crippen LogP contribution in [0.15, 0.2) is 52.2 Å². The lowest BCUT2D eigenvalue weighted by molar-refractivity contribution is 0.258. The van der Waals surface area contributed by atoms with Crippen molar-refractivity contribution in [1.82, 2.24) is 20.5 Å². The van der Waals surface area contributed by atoms with Crippen LogP contribution in [0.4, 0.5) is 0 Å². The molecule has 0 radical (unpaired) electrons. The average Bonchev–Trinajstić information content (AvgIpc) is 3.08. The lowest BCUT2D eigenvalue weighted by Gasteiger charge is -2.23. The zero-order valence-electron chi connectivity index (χ0n) is 14.0. The molecular formula is C17H25N5O. The van der Waals surface area contributed by atoms with Gasteiger partial charge in [-0.2, -0.15) is 0 Å². The van der Waals surface area contributed by atoms with Gasteiger partial charge >= 0.3 is 0 Å². The van der Waals surface area contributed by atoms with Crippen LogP contribution >= 0.6 is 0 Å². The third-order valence-corrected chi connectivity index (χ3v) is 3.58. The van der Waals surface area contributed by atoms with Gasteiger partial charge in [-0.05, 0) is 38.4 Å². The third-order valence-electron chi connectivity index (χ3n) is 3.58. The van der Waals surface area contributed by atoms with Crippen LogP contribution in [-0.4, -0.2) is 50.1 Å². The second-order valence-electron chi connectivity index (χ2n) is 5.45. The van der Waals surface area contributed by atoms with Gasteiger partial charge in [0.05, 0.1) is 12.3 Å². The SMILES string of the molecule is CN=C(NCCc1ccccn1)NCC(c1ccco1)N(C)C. The Morgan fingerprint density at radius 2 is 2.13 bits per heavy atom. The summed E-state index contributed by atoms with van der Waals surface area (Å²) in [6, 6.07) is 10.00. The molecule has 0 saturated carbocycles. The average molecular weight is 315 g/mol. The van der Waals surface area contributed by atoms with E-state index in [-0.39, 0.29) is 6.04 Å². The number of hydrogen-bond donors (Lipinski definition) is 2. The standard InChI is InChI=1S/C17H25N5O/c1-18-17(20-11-9-14-7-4-5-10-19-14)21-13-15(22(2)3)16-8-6-12-23-16/h4-8,10,12,15H,9,11,13H2,1-3H3,(H2,18,20,21). The first-order chi connectivity index (χ1) is 11.2. The van der Waals surface area contributed by atoms with Crippen molar-refractivity contribution in [2.75, 3.05) is 34.2 Å². The zero-order valence-corrected chi connectivity index (χ0v) is 14.0. The minimum Gasteiger partial charge on any atom is -0.468 e. The van der Waals surface area contributed by atoms with Crippen LogP contribution in [0, 0.1) is 0 Å². The zero-order chi connectivity index (χ0) is 16.5. The molecule has 2 N–H and O–H groups in total. The van der Waals surface area contributed by atoms with E-state index < -0.39 is 0 Å². The number of hydrogen-bond acceptors (Lipinski definition) is 4. The number of nitrogens with one attached hydrogen (secondary N) is 2. The molecule has 2 aromatic heterocycles. The summed E-state index contributed by atoms with van der Waals surface area (Å²) in [5.74, 6) is 1.71. The van der Waals surface area contributed by atoms with E-state index in [0.29, 0.717) is 6.54 Å². The van der Waals surface area contributed by atoms with E-state index in [9.17, 15) is 0 Å². The van der Waals surface area contributed by atoms with Gasteiger partial charge in [0.15, 0.2) is 5.96 Å². The lowest BCUT2D eigenvalue weighted by atomic mass is 10.2. The molecule has 0 amide bonds. The topological polar surface area (TPSA) is 65.7 Å². The molecule has 6 nitrogen and oxygen atoms in total. The monoisotopic (exact) mass is 315 g/mol. The van der Waals surface area contributed by atoms with Crippen molar-refractivity contribution in [2.24, 2.45) is 4.99 Å². The maximum absolute atomic E-state index is 5.51. The highest BCUT2D eigenvalue weighted by molar-refractivity contribution is 5.79. The van der Waals surface area contributed by atoms with Gasteiger partial charge in [0.25, 0.3) is 0 Å². The molecule has 0 aromatic carbocycles. The van der Waals surface area contributed by atoms with E-state index in [0.717, 1.165) is 30.4 Å². The van der Waals surface area contributed by atoms with Crippen molar-refractivity contribution in [3.05, 3.63) is 54.2 Å². The van der Waals surface area contributed by atoms with Crippen molar-refractivity contribution in [3.8, 4) is 0 Å². The maximum atomic E-state index is 5.51. The first kappa shape index (κ1) is 17.0. The number of likely N-dealkylation sites (N-methyl/N-ethyl adjacent to an activating group) is 1. The molecule has 2 heterocycles. The summed E-state index contributed by atoms with van der Waals surface area (Å²) in [5, 5.41) is 6.65. The number of aliphatic imine (C=N–C) groups is 1. The molecule has 0 aliphatic heterocycles. The van der Waals surface area contributed by atoms with E-state index in [4.69, 9.17) is 4.42 Å². The highest BCUT2D eigenvalue weighted by atomic mass is 16.3. The summed E-state index contributed by atoms with van der Waals surface area (Å²) in [7, 11) is 5.84. The third kappa shape index (κ3) is 5.41. The molecule has 1 atom stereocenters. The molecule has 23 heavy (non-hydrogen) atoms. The quantitative estimate of drug-likeness (QED) is 0.601. The molecule has 0 spiro atoms. The molecule has 0 aliphatic rings. The van der Waals surface area contributed by atoms with Gasteiger partial charge in [0.2, 0.25) is 0 Å². The Bertz CT molecular complexity index is 580. The fourth-order valence-corrected chi connectivity index (χ4v) is 2.29. The Balaban J connectivity index is 1.80. The molecule has 6 heteroatoms. The van der Waals surface area contributed by atoms with Crippen LogP contribution in [0.3, 0.4) is 0 Å². The van der Waals surface area contributed by atoms with Crippen LogP contribution in [0.25, 0.3) is 0 Å². The smallest absolute Gasteiger partial charge is 0.191 e. The Kier molecular flexibility index (Phi) is 6.62. The molecule has 0 aliphatic carbocycles. The van der Waals surface area contributed by atoms with Crippen LogP contribution in [0.2, 0.25) is 0 Å². The molecule has 0 saturated heterocycles. The van der Waals surface area contributed by atoms with Gasteiger partial charge in [-0.25, -0.2) is 0 Å². The second-order valence-corrected chi connectivity index (χ2v) is 5.45. The van der Waals surface area contributed by atoms with E-state index >= 15 is 0 Å². The molecule has 1 unspecified atom stereocenters. The van der Waals surface area contributed by atoms with E-state index in [2.05, 4.69) is 25.5 Å². The summed E-state index contributed by atoms with van der Waals surface area (Å²) in [6.07, 6.45) is 4.37. The Morgan fingerprint density at radius 1 is 1.26 bits per heavy atom. The molecule has 2 rings (SSSR count). The normalized spacial score (nSPS) is 13.1. The van der Waals surface area contributed by atoms with Gasteiger partial charge in [0, 0.05) is 38.4 Å². The van der Waals surface area contributed by atoms with Crippen molar-refractivity contribution in [2.45, 2.75) is 12.5 Å². The summed E-state index contributed by atoms with van der Waals surface area (Å²) in [6.45, 7) is 1.49. The van der Waals surface area contributed by atoms with E-state index in [1.807, 2.05) is 50.6 Å². The number of nitrogens with zero attached hydrogens (tertiary/aromatic N) is 3. The molecule has 124 valence electrons. The molecule has 0 fully saturated rings. The number of aromatic nitrogens is 1. The molecule has 0 bridgehead atoms. The Morgan fingerprint density at radius 3 is 2.74 bits per heavy atom. The number of guanidine groups is 1. The lowest BCUT2D eigenvalue weighted by Crippen LogP contribution is -2.42. The number of rotatable bonds is 7. The molecular weight excluding hydrogens is 290 g/mol. The van der Waals surface area contributed by atoms with Gasteiger partial charge in [0.1, 0.15) is 5.76 Å². The van der Waals surface area contributed by atoms with Crippen molar-refractivity contribution < 1.29 is 4.42 Å². The fourth-order valence-electron chi connectivity index (χ4n) is 2.29. The Hall–Kier alpha value is -2.34. The predicted octanol–water partition coefficient (Wildman–Crippen LogP) is 1.68. The minimum absolute atomic E-state index is 0.152. The first-order valence-electron chi connectivity index (χ1n) is 7.75. The largest absolute Gasteiger partial charge is 0.468 e. The number of furan rings is 1. The summed E-state index contributed by atoms with van der Waals surface area (Å²) >= 11 is 0. The van der Waals surface area contributed by atoms with Crippen LogP contribution in [-0.2, 0) is 6.42 Å². The van der Waals surface area contributed by atoms with Crippen molar-refractivity contribution in [1.29, 1.82) is 0 Å². The van der Waals surface area contributed by atoms with Gasteiger partial charge in [-0.1, -0.05) is 6.07 Å². The summed E-state index contributed by atoms with van der Waals surface area (Å²) in [4.78, 5) is 10.7. The Labute approximate surface area is 137 Å². The maximum Gasteiger partial charge on any atom is 0.191 e. The summed E-state index contributed by atoms with van der Waals surface area (Å²) < 4.78 is 5.51. The highest BCUT2D eigenvalue weighted by Gasteiger charge is 2.17. The molecule has 2 aromatic rings. The fraction of sp³-hybridized carbons (Fsp3) is 0.412. The van der Waals surface area contributed by atoms with Crippen molar-refractivity contribution >= 4 is 5.96 Å². The van der Waals surface area contributed by atoms with Gasteiger partial charge in [-0.3, -0.25) is 14.9 Å². The van der Waals surface area contributed by atoms with Crippen molar-refractivity contribution in [3.63, 3.8) is 0 Å². The van der Waals surface area contributed by atoms with E-state index in [1.165, 1.54) is 0 Å². The van der Waals surface area contributed by atoms with Crippen LogP contribution < -0.4 is 10.6 Å². The summed E-state index contributed by atoms with van der Waals surface area (Å²) in [5.41, 5.74) is 1.07. The van der Waals surface area contributed by atoms with Crippen LogP contribution in [0.5, 0.6) is 0 Å². The minimum atomic E-state index is 0.152. The van der Waals surface area contributed by atoms with Gasteiger partial charge in [-0.15, -0.1) is 0 Å². The highest BCUT2D eigenvalue weighted by Crippen LogP contribution is 2.17. The van der Waals surface area contributed by atoms with Crippen LogP contribution in [0.1, 0.15) is 17.5 Å². The predicted molar refractivity (Wildman–Crippen MR) is 92.4 cm³/mol. The van der Waals surface area contributed by atoms with Gasteiger partial charge < -0.3 is 15.1 Å². The first-order valence-corrected chi connectivity index (χ1v) is 7.75. The van der Waals surface area contributed by atoms with E-state index in [1.54, 1.807) is 13.3 Å².